The summed E-state index contributed by atoms with van der Waals surface area (Å²) in [6.45, 7) is 1.97. The van der Waals surface area contributed by atoms with E-state index in [1.54, 1.807) is 18.6 Å². The fraction of sp³-hybridized carbons (Fsp3) is 0.167. The number of aromatic nitrogens is 2. The molecule has 2 heterocycles. The Morgan fingerprint density at radius 1 is 1.25 bits per heavy atom. The Hall–Kier alpha value is -1.78. The number of pyridine rings is 2. The Morgan fingerprint density at radius 3 is 2.69 bits per heavy atom. The maximum Gasteiger partial charge on any atom is 0.0742 e. The number of hydrazine groups is 1. The van der Waals surface area contributed by atoms with Crippen LogP contribution in [0.15, 0.2) is 42.9 Å². The van der Waals surface area contributed by atoms with E-state index >= 15 is 0 Å². The minimum absolute atomic E-state index is 0.0672. The number of rotatable bonds is 3. The average Bonchev–Trinajstić information content (AvgIpc) is 2.34. The number of nitrogens with zero attached hydrogens (tertiary/aromatic N) is 2. The Bertz CT molecular complexity index is 456. The normalized spacial score (nSPS) is 12.4. The van der Waals surface area contributed by atoms with Crippen molar-refractivity contribution in [3.63, 3.8) is 0 Å². The molecule has 0 amide bonds. The minimum atomic E-state index is -0.0672. The van der Waals surface area contributed by atoms with Gasteiger partial charge in [0.25, 0.3) is 0 Å². The predicted molar refractivity (Wildman–Crippen MR) is 62.4 cm³/mol. The van der Waals surface area contributed by atoms with Crippen LogP contribution in [-0.4, -0.2) is 9.97 Å². The van der Waals surface area contributed by atoms with E-state index in [4.69, 9.17) is 5.84 Å². The summed E-state index contributed by atoms with van der Waals surface area (Å²) in [4.78, 5) is 8.35. The first-order valence-corrected chi connectivity index (χ1v) is 5.10. The van der Waals surface area contributed by atoms with Gasteiger partial charge in [0.15, 0.2) is 0 Å². The summed E-state index contributed by atoms with van der Waals surface area (Å²) in [7, 11) is 0. The van der Waals surface area contributed by atoms with Crippen LogP contribution in [-0.2, 0) is 0 Å². The van der Waals surface area contributed by atoms with Crippen LogP contribution in [0, 0.1) is 6.92 Å². The molecule has 2 aromatic heterocycles. The molecule has 0 spiro atoms. The molecule has 4 heteroatoms. The van der Waals surface area contributed by atoms with E-state index in [0.29, 0.717) is 0 Å². The number of hydrogen-bond donors (Lipinski definition) is 2. The summed E-state index contributed by atoms with van der Waals surface area (Å²) in [6.07, 6.45) is 5.32. The second-order valence-electron chi connectivity index (χ2n) is 3.56. The number of aryl methyl sites for hydroxylation is 1. The molecule has 0 aliphatic rings. The molecule has 0 aliphatic heterocycles. The summed E-state index contributed by atoms with van der Waals surface area (Å²) in [5, 5.41) is 0. The van der Waals surface area contributed by atoms with Crippen molar-refractivity contribution >= 4 is 0 Å². The zero-order chi connectivity index (χ0) is 11.4. The summed E-state index contributed by atoms with van der Waals surface area (Å²) in [6, 6.07) is 7.74. The standard InChI is InChI=1S/C12H14N4/c1-9-11(5-3-7-15-9)12(16-13)10-4-2-6-14-8-10/h2-8,12,16H,13H2,1H3. The Kier molecular flexibility index (Phi) is 3.24. The first-order chi connectivity index (χ1) is 7.83. The largest absolute Gasteiger partial charge is 0.271 e. The van der Waals surface area contributed by atoms with Gasteiger partial charge in [0.1, 0.15) is 0 Å². The lowest BCUT2D eigenvalue weighted by Gasteiger charge is -2.17. The molecule has 2 aromatic rings. The zero-order valence-corrected chi connectivity index (χ0v) is 9.09. The molecule has 16 heavy (non-hydrogen) atoms. The zero-order valence-electron chi connectivity index (χ0n) is 9.09. The summed E-state index contributed by atoms with van der Waals surface area (Å²) >= 11 is 0. The van der Waals surface area contributed by atoms with Gasteiger partial charge in [-0.1, -0.05) is 12.1 Å². The van der Waals surface area contributed by atoms with Gasteiger partial charge in [0, 0.05) is 24.3 Å². The molecule has 0 bridgehead atoms. The lowest BCUT2D eigenvalue weighted by Crippen LogP contribution is -2.29. The number of nitrogens with two attached hydrogens (primary N) is 1. The van der Waals surface area contributed by atoms with Gasteiger partial charge in [-0.2, -0.15) is 0 Å². The highest BCUT2D eigenvalue weighted by molar-refractivity contribution is 5.31. The van der Waals surface area contributed by atoms with Crippen LogP contribution in [0.25, 0.3) is 0 Å². The quantitative estimate of drug-likeness (QED) is 0.597. The summed E-state index contributed by atoms with van der Waals surface area (Å²) in [5.74, 6) is 5.60. The van der Waals surface area contributed by atoms with E-state index in [1.807, 2.05) is 31.2 Å². The molecule has 0 aromatic carbocycles. The van der Waals surface area contributed by atoms with Crippen LogP contribution in [0.4, 0.5) is 0 Å². The maximum absolute atomic E-state index is 5.60. The van der Waals surface area contributed by atoms with Crippen molar-refractivity contribution in [2.75, 3.05) is 0 Å². The molecule has 1 unspecified atom stereocenters. The van der Waals surface area contributed by atoms with E-state index in [0.717, 1.165) is 16.8 Å². The van der Waals surface area contributed by atoms with Crippen LogP contribution in [0.3, 0.4) is 0 Å². The Morgan fingerprint density at radius 2 is 2.06 bits per heavy atom. The molecule has 4 nitrogen and oxygen atoms in total. The highest BCUT2D eigenvalue weighted by atomic mass is 15.2. The van der Waals surface area contributed by atoms with E-state index < -0.39 is 0 Å². The smallest absolute Gasteiger partial charge is 0.0742 e. The Balaban J connectivity index is 2.41. The van der Waals surface area contributed by atoms with Gasteiger partial charge >= 0.3 is 0 Å². The maximum atomic E-state index is 5.60. The van der Waals surface area contributed by atoms with Gasteiger partial charge in [0.05, 0.1) is 6.04 Å². The summed E-state index contributed by atoms with van der Waals surface area (Å²) in [5.41, 5.74) is 5.86. The lowest BCUT2D eigenvalue weighted by atomic mass is 10.00. The van der Waals surface area contributed by atoms with Gasteiger partial charge in [-0.05, 0) is 30.2 Å². The van der Waals surface area contributed by atoms with Gasteiger partial charge in [0.2, 0.25) is 0 Å². The van der Waals surface area contributed by atoms with Crippen molar-refractivity contribution in [3.8, 4) is 0 Å². The van der Waals surface area contributed by atoms with E-state index in [-0.39, 0.29) is 6.04 Å². The fourth-order valence-corrected chi connectivity index (χ4v) is 1.71. The van der Waals surface area contributed by atoms with Crippen LogP contribution < -0.4 is 11.3 Å². The number of hydrogen-bond acceptors (Lipinski definition) is 4. The molecule has 0 aliphatic carbocycles. The van der Waals surface area contributed by atoms with Gasteiger partial charge in [-0.15, -0.1) is 0 Å². The van der Waals surface area contributed by atoms with Crippen molar-refractivity contribution in [1.29, 1.82) is 0 Å². The van der Waals surface area contributed by atoms with E-state index in [1.165, 1.54) is 0 Å². The molecular weight excluding hydrogens is 200 g/mol. The first kappa shape index (κ1) is 10.7. The van der Waals surface area contributed by atoms with Gasteiger partial charge in [-0.3, -0.25) is 15.8 Å². The van der Waals surface area contributed by atoms with Crippen molar-refractivity contribution in [2.24, 2.45) is 5.84 Å². The van der Waals surface area contributed by atoms with Crippen LogP contribution >= 0.6 is 0 Å². The van der Waals surface area contributed by atoms with Crippen molar-refractivity contribution in [2.45, 2.75) is 13.0 Å². The van der Waals surface area contributed by atoms with E-state index in [2.05, 4.69) is 15.4 Å². The van der Waals surface area contributed by atoms with Crippen LogP contribution in [0.5, 0.6) is 0 Å². The first-order valence-electron chi connectivity index (χ1n) is 5.10. The second-order valence-corrected chi connectivity index (χ2v) is 3.56. The minimum Gasteiger partial charge on any atom is -0.271 e. The monoisotopic (exact) mass is 214 g/mol. The summed E-state index contributed by atoms with van der Waals surface area (Å²) < 4.78 is 0. The third-order valence-electron chi connectivity index (χ3n) is 2.54. The third kappa shape index (κ3) is 2.08. The molecule has 2 rings (SSSR count). The van der Waals surface area contributed by atoms with Crippen molar-refractivity contribution < 1.29 is 0 Å². The molecule has 0 saturated carbocycles. The van der Waals surface area contributed by atoms with E-state index in [9.17, 15) is 0 Å². The van der Waals surface area contributed by atoms with Crippen LogP contribution in [0.2, 0.25) is 0 Å². The van der Waals surface area contributed by atoms with Crippen LogP contribution in [0.1, 0.15) is 22.9 Å². The highest BCUT2D eigenvalue weighted by Gasteiger charge is 2.14. The molecular formula is C12H14N4. The number of nitrogens with one attached hydrogen (secondary N) is 1. The highest BCUT2D eigenvalue weighted by Crippen LogP contribution is 2.21. The fourth-order valence-electron chi connectivity index (χ4n) is 1.71. The van der Waals surface area contributed by atoms with Gasteiger partial charge < -0.3 is 0 Å². The molecule has 3 N–H and O–H groups in total. The third-order valence-corrected chi connectivity index (χ3v) is 2.54. The lowest BCUT2D eigenvalue weighted by molar-refractivity contribution is 0.628. The predicted octanol–water partition coefficient (Wildman–Crippen LogP) is 1.34. The van der Waals surface area contributed by atoms with Crippen molar-refractivity contribution in [1.82, 2.24) is 15.4 Å². The molecule has 82 valence electrons. The topological polar surface area (TPSA) is 63.8 Å². The average molecular weight is 214 g/mol. The molecule has 0 saturated heterocycles. The molecule has 0 radical (unpaired) electrons. The SMILES string of the molecule is Cc1ncccc1C(NN)c1cccnc1. The molecule has 0 fully saturated rings. The second kappa shape index (κ2) is 4.83. The van der Waals surface area contributed by atoms with Crippen molar-refractivity contribution in [3.05, 3.63) is 59.7 Å². The van der Waals surface area contributed by atoms with Gasteiger partial charge in [-0.25, -0.2) is 5.43 Å². The Labute approximate surface area is 94.5 Å². The molecule has 1 atom stereocenters.